The number of nitrogens with one attached hydrogen (secondary N) is 1. The largest absolute Gasteiger partial charge is 0.398 e. The predicted octanol–water partition coefficient (Wildman–Crippen LogP) is 2.33. The van der Waals surface area contributed by atoms with E-state index in [4.69, 9.17) is 5.73 Å². The molecule has 1 aliphatic rings. The average molecular weight is 314 g/mol. The van der Waals surface area contributed by atoms with Gasteiger partial charge in [0.1, 0.15) is 0 Å². The van der Waals surface area contributed by atoms with Crippen LogP contribution in [0.2, 0.25) is 0 Å². The molecule has 0 bridgehead atoms. The Balaban J connectivity index is 1.74. The number of anilines is 1. The summed E-state index contributed by atoms with van der Waals surface area (Å²) in [4.78, 5) is 0.936. The van der Waals surface area contributed by atoms with Crippen molar-refractivity contribution < 1.29 is 8.42 Å². The van der Waals surface area contributed by atoms with Crippen molar-refractivity contribution in [3.05, 3.63) is 24.3 Å². The van der Waals surface area contributed by atoms with Crippen molar-refractivity contribution in [2.45, 2.75) is 25.2 Å². The number of nitrogens with two attached hydrogens (primary N) is 1. The van der Waals surface area contributed by atoms with Crippen LogP contribution in [0.3, 0.4) is 0 Å². The summed E-state index contributed by atoms with van der Waals surface area (Å²) >= 11 is 1.48. The molecule has 1 unspecified atom stereocenters. The van der Waals surface area contributed by atoms with Gasteiger partial charge in [-0.1, -0.05) is 26.0 Å². The second kappa shape index (κ2) is 5.95. The minimum atomic E-state index is -3.18. The number of rotatable bonds is 7. The highest BCUT2D eigenvalue weighted by Crippen LogP contribution is 2.51. The Morgan fingerprint density at radius 3 is 2.65 bits per heavy atom. The SMILES string of the molecule is CC1(C)CC1CNS(=O)(=O)CCSc1ccccc1N. The van der Waals surface area contributed by atoms with Gasteiger partial charge < -0.3 is 5.73 Å². The molecule has 0 aromatic heterocycles. The van der Waals surface area contributed by atoms with Crippen LogP contribution in [0.4, 0.5) is 5.69 Å². The lowest BCUT2D eigenvalue weighted by molar-refractivity contribution is 0.538. The first kappa shape index (κ1) is 15.7. The van der Waals surface area contributed by atoms with Crippen molar-refractivity contribution in [3.8, 4) is 0 Å². The van der Waals surface area contributed by atoms with E-state index >= 15 is 0 Å². The van der Waals surface area contributed by atoms with Gasteiger partial charge in [-0.3, -0.25) is 0 Å². The quantitative estimate of drug-likeness (QED) is 0.598. The van der Waals surface area contributed by atoms with E-state index in [1.165, 1.54) is 11.8 Å². The van der Waals surface area contributed by atoms with E-state index in [0.29, 0.717) is 29.3 Å². The highest BCUT2D eigenvalue weighted by molar-refractivity contribution is 8.00. The summed E-state index contributed by atoms with van der Waals surface area (Å²) in [6, 6.07) is 7.51. The normalized spacial score (nSPS) is 20.8. The molecule has 3 N–H and O–H groups in total. The van der Waals surface area contributed by atoms with E-state index in [1.807, 2.05) is 24.3 Å². The Kier molecular flexibility index (Phi) is 4.66. The molecule has 0 saturated heterocycles. The molecule has 1 saturated carbocycles. The third-order valence-corrected chi connectivity index (χ3v) is 6.49. The Morgan fingerprint density at radius 1 is 1.40 bits per heavy atom. The van der Waals surface area contributed by atoms with Gasteiger partial charge in [-0.2, -0.15) is 0 Å². The van der Waals surface area contributed by atoms with Crippen LogP contribution in [-0.2, 0) is 10.0 Å². The molecule has 20 heavy (non-hydrogen) atoms. The molecule has 1 aromatic carbocycles. The molecule has 2 rings (SSSR count). The van der Waals surface area contributed by atoms with Crippen molar-refractivity contribution in [3.63, 3.8) is 0 Å². The van der Waals surface area contributed by atoms with Gasteiger partial charge in [0.15, 0.2) is 0 Å². The first-order valence-electron chi connectivity index (χ1n) is 6.75. The molecule has 1 fully saturated rings. The molecule has 0 radical (unpaired) electrons. The highest BCUT2D eigenvalue weighted by Gasteiger charge is 2.45. The lowest BCUT2D eigenvalue weighted by Gasteiger charge is -2.08. The zero-order valence-electron chi connectivity index (χ0n) is 11.9. The molecule has 0 aliphatic heterocycles. The Bertz CT molecular complexity index is 570. The summed E-state index contributed by atoms with van der Waals surface area (Å²) in [6.07, 6.45) is 1.10. The Labute approximate surface area is 125 Å². The van der Waals surface area contributed by atoms with Gasteiger partial charge in [0, 0.05) is 22.9 Å². The van der Waals surface area contributed by atoms with E-state index in [-0.39, 0.29) is 5.75 Å². The number of para-hydroxylation sites is 1. The van der Waals surface area contributed by atoms with Crippen LogP contribution in [0, 0.1) is 11.3 Å². The molecule has 0 spiro atoms. The number of hydrogen-bond donors (Lipinski definition) is 2. The summed E-state index contributed by atoms with van der Waals surface area (Å²) in [5, 5.41) is 0. The van der Waals surface area contributed by atoms with Crippen molar-refractivity contribution >= 4 is 27.5 Å². The molecule has 1 aliphatic carbocycles. The maximum Gasteiger partial charge on any atom is 0.212 e. The molecule has 4 nitrogen and oxygen atoms in total. The van der Waals surface area contributed by atoms with Crippen LogP contribution < -0.4 is 10.5 Å². The topological polar surface area (TPSA) is 72.2 Å². The van der Waals surface area contributed by atoms with Crippen LogP contribution in [0.5, 0.6) is 0 Å². The van der Waals surface area contributed by atoms with Gasteiger partial charge in [0.2, 0.25) is 10.0 Å². The van der Waals surface area contributed by atoms with Gasteiger partial charge in [-0.15, -0.1) is 11.8 Å². The van der Waals surface area contributed by atoms with Gasteiger partial charge in [-0.25, -0.2) is 13.1 Å². The third kappa shape index (κ3) is 4.40. The molecule has 1 aromatic rings. The number of benzene rings is 1. The van der Waals surface area contributed by atoms with Gasteiger partial charge >= 0.3 is 0 Å². The molecule has 6 heteroatoms. The average Bonchev–Trinajstić information content (AvgIpc) is 2.97. The number of sulfonamides is 1. The molecule has 0 heterocycles. The second-order valence-corrected chi connectivity index (χ2v) is 9.01. The number of thioether (sulfide) groups is 1. The fourth-order valence-corrected chi connectivity index (χ4v) is 4.54. The maximum absolute atomic E-state index is 11.9. The number of nitrogen functional groups attached to an aromatic ring is 1. The second-order valence-electron chi connectivity index (χ2n) is 5.94. The zero-order chi connectivity index (χ0) is 14.8. The van der Waals surface area contributed by atoms with Gasteiger partial charge in [0.05, 0.1) is 5.75 Å². The smallest absolute Gasteiger partial charge is 0.212 e. The van der Waals surface area contributed by atoms with Crippen LogP contribution in [-0.4, -0.2) is 26.5 Å². The predicted molar refractivity (Wildman–Crippen MR) is 85.3 cm³/mol. The summed E-state index contributed by atoms with van der Waals surface area (Å²) in [5.41, 5.74) is 6.82. The lowest BCUT2D eigenvalue weighted by Crippen LogP contribution is -2.29. The summed E-state index contributed by atoms with van der Waals surface area (Å²) in [6.45, 7) is 4.90. The van der Waals surface area contributed by atoms with E-state index in [9.17, 15) is 8.42 Å². The molecular formula is C14H22N2O2S2. The highest BCUT2D eigenvalue weighted by atomic mass is 32.2. The van der Waals surface area contributed by atoms with Gasteiger partial charge in [0.25, 0.3) is 0 Å². The summed E-state index contributed by atoms with van der Waals surface area (Å²) in [7, 11) is -3.18. The van der Waals surface area contributed by atoms with E-state index < -0.39 is 10.0 Å². The number of hydrogen-bond acceptors (Lipinski definition) is 4. The monoisotopic (exact) mass is 314 g/mol. The third-order valence-electron chi connectivity index (χ3n) is 3.80. The van der Waals surface area contributed by atoms with Crippen molar-refractivity contribution in [1.82, 2.24) is 4.72 Å². The van der Waals surface area contributed by atoms with Crippen LogP contribution in [0.1, 0.15) is 20.3 Å². The van der Waals surface area contributed by atoms with E-state index in [0.717, 1.165) is 11.3 Å². The standard InChI is InChI=1S/C14H22N2O2S2/c1-14(2)9-11(14)10-16-20(17,18)8-7-19-13-6-4-3-5-12(13)15/h3-6,11,16H,7-10,15H2,1-2H3. The van der Waals surface area contributed by atoms with Crippen molar-refractivity contribution in [2.24, 2.45) is 11.3 Å². The minimum absolute atomic E-state index is 0.124. The van der Waals surface area contributed by atoms with E-state index in [2.05, 4.69) is 18.6 Å². The van der Waals surface area contributed by atoms with Crippen molar-refractivity contribution in [2.75, 3.05) is 23.8 Å². The minimum Gasteiger partial charge on any atom is -0.398 e. The lowest BCUT2D eigenvalue weighted by atomic mass is 10.1. The molecule has 1 atom stereocenters. The first-order valence-corrected chi connectivity index (χ1v) is 9.39. The van der Waals surface area contributed by atoms with Crippen molar-refractivity contribution in [1.29, 1.82) is 0 Å². The molecular weight excluding hydrogens is 292 g/mol. The maximum atomic E-state index is 11.9. The molecule has 0 amide bonds. The fourth-order valence-electron chi connectivity index (χ4n) is 2.10. The molecule has 112 valence electrons. The van der Waals surface area contributed by atoms with Crippen LogP contribution >= 0.6 is 11.8 Å². The van der Waals surface area contributed by atoms with Crippen LogP contribution in [0.15, 0.2) is 29.2 Å². The zero-order valence-corrected chi connectivity index (χ0v) is 13.6. The van der Waals surface area contributed by atoms with Crippen LogP contribution in [0.25, 0.3) is 0 Å². The first-order chi connectivity index (χ1) is 9.30. The van der Waals surface area contributed by atoms with Gasteiger partial charge in [-0.05, 0) is 29.9 Å². The van der Waals surface area contributed by atoms with E-state index in [1.54, 1.807) is 0 Å². The Morgan fingerprint density at radius 2 is 2.05 bits per heavy atom. The summed E-state index contributed by atoms with van der Waals surface area (Å²) < 4.78 is 26.5. The Hall–Kier alpha value is -0.720. The summed E-state index contributed by atoms with van der Waals surface area (Å²) in [5.74, 6) is 1.12. The fraction of sp³-hybridized carbons (Fsp3) is 0.571.